The molecule has 0 radical (unpaired) electrons. The Bertz CT molecular complexity index is 685. The van der Waals surface area contributed by atoms with Gasteiger partial charge in [0.25, 0.3) is 0 Å². The second kappa shape index (κ2) is 7.12. The van der Waals surface area contributed by atoms with E-state index in [4.69, 9.17) is 15.2 Å². The van der Waals surface area contributed by atoms with Crippen molar-refractivity contribution in [3.05, 3.63) is 48.5 Å². The fourth-order valence-corrected chi connectivity index (χ4v) is 1.83. The topological polar surface area (TPSA) is 90.7 Å². The first-order chi connectivity index (χ1) is 10.6. The zero-order valence-corrected chi connectivity index (χ0v) is 12.0. The molecule has 0 unspecified atom stereocenters. The molecule has 0 saturated carbocycles. The molecule has 2 aromatic rings. The van der Waals surface area contributed by atoms with E-state index >= 15 is 0 Å². The van der Waals surface area contributed by atoms with Crippen molar-refractivity contribution in [2.24, 2.45) is 5.73 Å². The minimum atomic E-state index is -0.694. The molecule has 0 aromatic heterocycles. The van der Waals surface area contributed by atoms with Gasteiger partial charge in [-0.1, -0.05) is 24.3 Å². The van der Waals surface area contributed by atoms with Crippen molar-refractivity contribution < 1.29 is 19.1 Å². The quantitative estimate of drug-likeness (QED) is 0.801. The molecular weight excluding hydrogens is 284 g/mol. The molecule has 2 rings (SSSR count). The number of nitrogens with one attached hydrogen (secondary N) is 1. The molecular formula is C16H16N2O4. The highest BCUT2D eigenvalue weighted by Gasteiger charge is 2.12. The molecule has 3 N–H and O–H groups in total. The van der Waals surface area contributed by atoms with Crippen molar-refractivity contribution in [3.8, 4) is 17.2 Å². The Morgan fingerprint density at radius 2 is 1.59 bits per heavy atom. The van der Waals surface area contributed by atoms with E-state index in [2.05, 4.69) is 5.32 Å². The highest BCUT2D eigenvalue weighted by molar-refractivity contribution is 6.03. The fourth-order valence-electron chi connectivity index (χ4n) is 1.83. The van der Waals surface area contributed by atoms with Crippen LogP contribution in [-0.4, -0.2) is 18.9 Å². The summed E-state index contributed by atoms with van der Waals surface area (Å²) in [6.45, 7) is 0. The van der Waals surface area contributed by atoms with Gasteiger partial charge in [-0.25, -0.2) is 0 Å². The minimum absolute atomic E-state index is 0.386. The number of hydrogen-bond acceptors (Lipinski definition) is 4. The fraction of sp³-hybridized carbons (Fsp3) is 0.125. The van der Waals surface area contributed by atoms with E-state index in [1.807, 2.05) is 12.1 Å². The van der Waals surface area contributed by atoms with E-state index in [-0.39, 0.29) is 6.42 Å². The molecule has 0 aliphatic heterocycles. The van der Waals surface area contributed by atoms with Gasteiger partial charge in [0.15, 0.2) is 17.2 Å². The van der Waals surface area contributed by atoms with E-state index in [1.165, 1.54) is 0 Å². The first kappa shape index (κ1) is 15.4. The van der Waals surface area contributed by atoms with Crippen molar-refractivity contribution in [2.45, 2.75) is 6.42 Å². The summed E-state index contributed by atoms with van der Waals surface area (Å²) in [4.78, 5) is 22.4. The third-order valence-corrected chi connectivity index (χ3v) is 2.78. The average Bonchev–Trinajstić information content (AvgIpc) is 2.49. The number of hydrogen-bond donors (Lipinski definition) is 2. The zero-order chi connectivity index (χ0) is 15.9. The van der Waals surface area contributed by atoms with Gasteiger partial charge in [-0.2, -0.15) is 0 Å². The van der Waals surface area contributed by atoms with Crippen LogP contribution in [0.1, 0.15) is 6.42 Å². The largest absolute Gasteiger partial charge is 0.493 e. The first-order valence-corrected chi connectivity index (χ1v) is 6.58. The average molecular weight is 300 g/mol. The van der Waals surface area contributed by atoms with Crippen molar-refractivity contribution in [2.75, 3.05) is 12.4 Å². The highest BCUT2D eigenvalue weighted by atomic mass is 16.5. The maximum atomic E-state index is 11.7. The van der Waals surface area contributed by atoms with E-state index in [1.54, 1.807) is 43.5 Å². The number of methoxy groups -OCH3 is 1. The molecule has 0 aliphatic carbocycles. The van der Waals surface area contributed by atoms with Crippen LogP contribution in [0.3, 0.4) is 0 Å². The Labute approximate surface area is 127 Å². The molecule has 0 atom stereocenters. The van der Waals surface area contributed by atoms with E-state index in [0.717, 1.165) is 0 Å². The van der Waals surface area contributed by atoms with Gasteiger partial charge in [0.2, 0.25) is 11.8 Å². The van der Waals surface area contributed by atoms with E-state index in [0.29, 0.717) is 22.9 Å². The third kappa shape index (κ3) is 3.99. The highest BCUT2D eigenvalue weighted by Crippen LogP contribution is 2.34. The number of carbonyl (C=O) groups is 2. The second-order valence-electron chi connectivity index (χ2n) is 4.44. The number of primary amides is 1. The molecule has 0 aliphatic rings. The Morgan fingerprint density at radius 1 is 1.00 bits per heavy atom. The number of rotatable bonds is 6. The Morgan fingerprint density at radius 3 is 2.23 bits per heavy atom. The lowest BCUT2D eigenvalue weighted by molar-refractivity contribution is -0.124. The van der Waals surface area contributed by atoms with Crippen molar-refractivity contribution >= 4 is 17.5 Å². The van der Waals surface area contributed by atoms with E-state index in [9.17, 15) is 9.59 Å². The van der Waals surface area contributed by atoms with Crippen LogP contribution >= 0.6 is 0 Å². The van der Waals surface area contributed by atoms with Crippen LogP contribution in [-0.2, 0) is 9.59 Å². The number of anilines is 1. The summed E-state index contributed by atoms with van der Waals surface area (Å²) in [5.74, 6) is 0.330. The monoisotopic (exact) mass is 300 g/mol. The smallest absolute Gasteiger partial charge is 0.233 e. The molecule has 0 fully saturated rings. The summed E-state index contributed by atoms with van der Waals surface area (Å²) < 4.78 is 11.0. The molecule has 2 amide bonds. The van der Waals surface area contributed by atoms with Gasteiger partial charge in [0.05, 0.1) is 12.8 Å². The van der Waals surface area contributed by atoms with Gasteiger partial charge in [-0.05, 0) is 24.3 Å². The van der Waals surface area contributed by atoms with Gasteiger partial charge < -0.3 is 20.5 Å². The first-order valence-electron chi connectivity index (χ1n) is 6.58. The van der Waals surface area contributed by atoms with Gasteiger partial charge >= 0.3 is 0 Å². The summed E-state index contributed by atoms with van der Waals surface area (Å²) in [6, 6.07) is 14.0. The molecule has 22 heavy (non-hydrogen) atoms. The molecule has 6 nitrogen and oxygen atoms in total. The van der Waals surface area contributed by atoms with Crippen LogP contribution in [0, 0.1) is 0 Å². The Balaban J connectivity index is 2.21. The molecule has 0 bridgehead atoms. The van der Waals surface area contributed by atoms with Crippen LogP contribution in [0.25, 0.3) is 0 Å². The zero-order valence-electron chi connectivity index (χ0n) is 12.0. The van der Waals surface area contributed by atoms with Gasteiger partial charge in [-0.15, -0.1) is 0 Å². The third-order valence-electron chi connectivity index (χ3n) is 2.78. The van der Waals surface area contributed by atoms with Crippen LogP contribution < -0.4 is 20.5 Å². The van der Waals surface area contributed by atoms with Crippen LogP contribution in [0.4, 0.5) is 5.69 Å². The summed E-state index contributed by atoms with van der Waals surface area (Å²) in [5.41, 5.74) is 5.44. The van der Waals surface area contributed by atoms with Crippen LogP contribution in [0.15, 0.2) is 48.5 Å². The number of carbonyl (C=O) groups excluding carboxylic acids is 2. The predicted octanol–water partition coefficient (Wildman–Crippen LogP) is 2.30. The number of ether oxygens (including phenoxy) is 2. The molecule has 0 saturated heterocycles. The maximum Gasteiger partial charge on any atom is 0.233 e. The predicted molar refractivity (Wildman–Crippen MR) is 82.0 cm³/mol. The Kier molecular flexibility index (Phi) is 4.98. The lowest BCUT2D eigenvalue weighted by Gasteiger charge is -2.13. The molecule has 2 aromatic carbocycles. The van der Waals surface area contributed by atoms with Crippen LogP contribution in [0.2, 0.25) is 0 Å². The van der Waals surface area contributed by atoms with Crippen molar-refractivity contribution in [3.63, 3.8) is 0 Å². The molecule has 0 spiro atoms. The van der Waals surface area contributed by atoms with Gasteiger partial charge in [-0.3, -0.25) is 9.59 Å². The summed E-state index contributed by atoms with van der Waals surface area (Å²) in [5, 5.41) is 2.59. The number of nitrogens with two attached hydrogens (primary N) is 1. The lowest BCUT2D eigenvalue weighted by Crippen LogP contribution is -2.21. The normalized spacial score (nSPS) is 9.86. The van der Waals surface area contributed by atoms with E-state index < -0.39 is 11.8 Å². The van der Waals surface area contributed by atoms with Gasteiger partial charge in [0.1, 0.15) is 6.42 Å². The standard InChI is InChI=1S/C16H16N2O4/c1-21-13-8-4-5-9-14(13)22-12-7-3-2-6-11(12)18-16(20)10-15(17)19/h2-9H,10H2,1H3,(H2,17,19)(H,18,20). The summed E-state index contributed by atoms with van der Waals surface area (Å²) >= 11 is 0. The molecule has 0 heterocycles. The SMILES string of the molecule is COc1ccccc1Oc1ccccc1NC(=O)CC(N)=O. The molecule has 114 valence electrons. The summed E-state index contributed by atoms with van der Waals surface area (Å²) in [7, 11) is 1.54. The molecule has 6 heteroatoms. The van der Waals surface area contributed by atoms with Crippen molar-refractivity contribution in [1.29, 1.82) is 0 Å². The van der Waals surface area contributed by atoms with Gasteiger partial charge in [0, 0.05) is 0 Å². The van der Waals surface area contributed by atoms with Crippen molar-refractivity contribution in [1.82, 2.24) is 0 Å². The summed E-state index contributed by atoms with van der Waals surface area (Å²) in [6.07, 6.45) is -0.386. The number of amides is 2. The number of para-hydroxylation sites is 4. The van der Waals surface area contributed by atoms with Crippen LogP contribution in [0.5, 0.6) is 17.2 Å². The lowest BCUT2D eigenvalue weighted by atomic mass is 10.2. The second-order valence-corrected chi connectivity index (χ2v) is 4.44. The Hall–Kier alpha value is -3.02. The number of benzene rings is 2. The minimum Gasteiger partial charge on any atom is -0.493 e. The maximum absolute atomic E-state index is 11.7.